The van der Waals surface area contributed by atoms with Gasteiger partial charge in [-0.05, 0) is 18.2 Å². The van der Waals surface area contributed by atoms with Crippen LogP contribution < -0.4 is 0 Å². The molecule has 0 N–H and O–H groups in total. The fourth-order valence-electron chi connectivity index (χ4n) is 0.988. The number of hydrogen-bond donors (Lipinski definition) is 0. The Hall–Kier alpha value is -0.740. The van der Waals surface area contributed by atoms with E-state index >= 15 is 0 Å². The maximum absolute atomic E-state index is 11.9. The molecule has 82 valence electrons. The van der Waals surface area contributed by atoms with Gasteiger partial charge < -0.3 is 0 Å². The Balaban J connectivity index is 2.96. The first-order chi connectivity index (χ1) is 6.79. The molecule has 0 amide bonds. The molecule has 0 bridgehead atoms. The Kier molecular flexibility index (Phi) is 3.62. The molecule has 0 spiro atoms. The SMILES string of the molecule is O=C(CC(F)(F)F)c1cc(Cl)ccc1Cl. The molecule has 0 unspecified atom stereocenters. The van der Waals surface area contributed by atoms with E-state index in [-0.39, 0.29) is 15.6 Å². The number of carbonyl (C=O) groups is 1. The Labute approximate surface area is 93.8 Å². The highest BCUT2D eigenvalue weighted by Gasteiger charge is 2.32. The minimum absolute atomic E-state index is 0.0337. The summed E-state index contributed by atoms with van der Waals surface area (Å²) < 4.78 is 35.8. The van der Waals surface area contributed by atoms with Crippen LogP contribution in [0.5, 0.6) is 0 Å². The molecule has 0 aliphatic heterocycles. The summed E-state index contributed by atoms with van der Waals surface area (Å²) >= 11 is 11.1. The molecule has 0 heterocycles. The maximum atomic E-state index is 11.9. The molecule has 1 rings (SSSR count). The molecule has 1 nitrogen and oxygen atoms in total. The van der Waals surface area contributed by atoms with Gasteiger partial charge in [0.2, 0.25) is 0 Å². The van der Waals surface area contributed by atoms with E-state index in [9.17, 15) is 18.0 Å². The van der Waals surface area contributed by atoms with Crippen LogP contribution in [0.25, 0.3) is 0 Å². The molecule has 0 saturated carbocycles. The van der Waals surface area contributed by atoms with E-state index in [1.165, 1.54) is 12.1 Å². The zero-order chi connectivity index (χ0) is 11.6. The van der Waals surface area contributed by atoms with Gasteiger partial charge in [-0.15, -0.1) is 0 Å². The van der Waals surface area contributed by atoms with Crippen LogP contribution in [0.3, 0.4) is 0 Å². The number of halogens is 5. The van der Waals surface area contributed by atoms with Crippen LogP contribution in [0.1, 0.15) is 16.8 Å². The summed E-state index contributed by atoms with van der Waals surface area (Å²) in [5, 5.41) is 0.138. The van der Waals surface area contributed by atoms with Crippen molar-refractivity contribution >= 4 is 29.0 Å². The summed E-state index contributed by atoms with van der Waals surface area (Å²) in [5.41, 5.74) is -0.207. The van der Waals surface area contributed by atoms with Crippen molar-refractivity contribution in [2.45, 2.75) is 12.6 Å². The lowest BCUT2D eigenvalue weighted by Crippen LogP contribution is -2.15. The van der Waals surface area contributed by atoms with Crippen LogP contribution in [-0.4, -0.2) is 12.0 Å². The van der Waals surface area contributed by atoms with Crippen molar-refractivity contribution in [2.75, 3.05) is 0 Å². The van der Waals surface area contributed by atoms with Crippen LogP contribution in [0.4, 0.5) is 13.2 Å². The Morgan fingerprint density at radius 2 is 1.87 bits per heavy atom. The number of alkyl halides is 3. The lowest BCUT2D eigenvalue weighted by Gasteiger charge is -2.06. The minimum atomic E-state index is -4.54. The van der Waals surface area contributed by atoms with Crippen LogP contribution >= 0.6 is 23.2 Å². The molecule has 0 aliphatic rings. The van der Waals surface area contributed by atoms with Crippen molar-refractivity contribution in [3.8, 4) is 0 Å². The summed E-state index contributed by atoms with van der Waals surface area (Å²) in [6.45, 7) is 0. The first-order valence-electron chi connectivity index (χ1n) is 3.84. The monoisotopic (exact) mass is 256 g/mol. The smallest absolute Gasteiger partial charge is 0.294 e. The van der Waals surface area contributed by atoms with Gasteiger partial charge in [-0.2, -0.15) is 13.2 Å². The molecule has 0 fully saturated rings. The van der Waals surface area contributed by atoms with Gasteiger partial charge in [-0.25, -0.2) is 0 Å². The molecule has 0 saturated heterocycles. The lowest BCUT2D eigenvalue weighted by molar-refractivity contribution is -0.125. The lowest BCUT2D eigenvalue weighted by atomic mass is 10.1. The number of ketones is 1. The van der Waals surface area contributed by atoms with Gasteiger partial charge in [0.1, 0.15) is 6.42 Å². The molecular formula is C9H5Cl2F3O. The van der Waals surface area contributed by atoms with Gasteiger partial charge in [0.15, 0.2) is 5.78 Å². The van der Waals surface area contributed by atoms with E-state index in [1.54, 1.807) is 0 Å². The molecule has 0 atom stereocenters. The molecule has 1 aromatic rings. The number of rotatable bonds is 2. The van der Waals surface area contributed by atoms with Crippen molar-refractivity contribution in [3.63, 3.8) is 0 Å². The summed E-state index contributed by atoms with van der Waals surface area (Å²) in [4.78, 5) is 11.2. The fourth-order valence-corrected chi connectivity index (χ4v) is 1.38. The van der Waals surface area contributed by atoms with E-state index in [1.807, 2.05) is 0 Å². The zero-order valence-corrected chi connectivity index (χ0v) is 8.75. The Bertz CT molecular complexity index is 387. The van der Waals surface area contributed by atoms with Crippen LogP contribution in [0.15, 0.2) is 18.2 Å². The second-order valence-corrected chi connectivity index (χ2v) is 3.68. The van der Waals surface area contributed by atoms with Gasteiger partial charge in [0.05, 0.1) is 5.02 Å². The minimum Gasteiger partial charge on any atom is -0.294 e. The van der Waals surface area contributed by atoms with Gasteiger partial charge in [-0.3, -0.25) is 4.79 Å². The third kappa shape index (κ3) is 3.72. The number of carbonyl (C=O) groups excluding carboxylic acids is 1. The summed E-state index contributed by atoms with van der Waals surface area (Å²) in [6, 6.07) is 3.81. The van der Waals surface area contributed by atoms with Crippen LogP contribution in [0.2, 0.25) is 10.0 Å². The van der Waals surface area contributed by atoms with E-state index in [4.69, 9.17) is 23.2 Å². The Morgan fingerprint density at radius 1 is 1.27 bits per heavy atom. The van der Waals surface area contributed by atoms with E-state index in [0.717, 1.165) is 6.07 Å². The third-order valence-electron chi connectivity index (χ3n) is 1.59. The third-order valence-corrected chi connectivity index (χ3v) is 2.15. The van der Waals surface area contributed by atoms with E-state index < -0.39 is 18.4 Å². The molecule has 0 aromatic heterocycles. The van der Waals surface area contributed by atoms with Gasteiger partial charge in [0, 0.05) is 10.6 Å². The predicted octanol–water partition coefficient (Wildman–Crippen LogP) is 4.13. The van der Waals surface area contributed by atoms with Gasteiger partial charge in [0.25, 0.3) is 0 Å². The van der Waals surface area contributed by atoms with E-state index in [0.29, 0.717) is 0 Å². The van der Waals surface area contributed by atoms with Crippen molar-refractivity contribution in [1.82, 2.24) is 0 Å². The predicted molar refractivity (Wildman–Crippen MR) is 51.5 cm³/mol. The number of Topliss-reactive ketones (excluding diaryl/α,β-unsaturated/α-hetero) is 1. The summed E-state index contributed by atoms with van der Waals surface area (Å²) in [5.74, 6) is -1.09. The van der Waals surface area contributed by atoms with Gasteiger partial charge >= 0.3 is 6.18 Å². The van der Waals surface area contributed by atoms with Crippen molar-refractivity contribution < 1.29 is 18.0 Å². The quantitative estimate of drug-likeness (QED) is 0.728. The first-order valence-corrected chi connectivity index (χ1v) is 4.60. The van der Waals surface area contributed by atoms with Crippen LogP contribution in [0, 0.1) is 0 Å². The second kappa shape index (κ2) is 4.41. The van der Waals surface area contributed by atoms with Crippen LogP contribution in [-0.2, 0) is 0 Å². The highest BCUT2D eigenvalue weighted by Crippen LogP contribution is 2.27. The topological polar surface area (TPSA) is 17.1 Å². The normalized spacial score (nSPS) is 11.5. The molecular weight excluding hydrogens is 252 g/mol. The highest BCUT2D eigenvalue weighted by atomic mass is 35.5. The van der Waals surface area contributed by atoms with Crippen molar-refractivity contribution in [1.29, 1.82) is 0 Å². The highest BCUT2D eigenvalue weighted by molar-refractivity contribution is 6.35. The van der Waals surface area contributed by atoms with Crippen molar-refractivity contribution in [3.05, 3.63) is 33.8 Å². The zero-order valence-electron chi connectivity index (χ0n) is 7.24. The number of benzene rings is 1. The average Bonchev–Trinajstić information content (AvgIpc) is 2.06. The fraction of sp³-hybridized carbons (Fsp3) is 0.222. The second-order valence-electron chi connectivity index (χ2n) is 2.84. The molecule has 0 radical (unpaired) electrons. The van der Waals surface area contributed by atoms with E-state index in [2.05, 4.69) is 0 Å². The van der Waals surface area contributed by atoms with Gasteiger partial charge in [-0.1, -0.05) is 23.2 Å². The molecule has 1 aromatic carbocycles. The summed E-state index contributed by atoms with van der Waals surface area (Å²) in [7, 11) is 0. The standard InChI is InChI=1S/C9H5Cl2F3O/c10-5-1-2-7(11)6(3-5)8(15)4-9(12,13)14/h1-3H,4H2. The molecule has 0 aliphatic carbocycles. The van der Waals surface area contributed by atoms with Crippen molar-refractivity contribution in [2.24, 2.45) is 0 Å². The maximum Gasteiger partial charge on any atom is 0.396 e. The first kappa shape index (κ1) is 12.3. The molecule has 15 heavy (non-hydrogen) atoms. The largest absolute Gasteiger partial charge is 0.396 e. The Morgan fingerprint density at radius 3 is 2.40 bits per heavy atom. The average molecular weight is 257 g/mol. The number of hydrogen-bond acceptors (Lipinski definition) is 1. The molecule has 6 heteroatoms. The summed E-state index contributed by atoms with van der Waals surface area (Å²) in [6.07, 6.45) is -6.07.